The number of halogens is 1. The maximum Gasteiger partial charge on any atom is 0.253 e. The molecule has 33 heavy (non-hydrogen) atoms. The Balaban J connectivity index is 1.55. The van der Waals surface area contributed by atoms with E-state index in [1.54, 1.807) is 11.0 Å². The van der Waals surface area contributed by atoms with Gasteiger partial charge in [-0.1, -0.05) is 36.4 Å². The van der Waals surface area contributed by atoms with Crippen molar-refractivity contribution in [1.82, 2.24) is 4.90 Å². The van der Waals surface area contributed by atoms with E-state index in [-0.39, 0.29) is 23.7 Å². The third-order valence-electron chi connectivity index (χ3n) is 6.10. The fourth-order valence-corrected chi connectivity index (χ4v) is 4.31. The molecule has 1 fully saturated rings. The molecule has 0 spiro atoms. The second kappa shape index (κ2) is 9.86. The van der Waals surface area contributed by atoms with Gasteiger partial charge in [0.15, 0.2) is 0 Å². The molecule has 0 bridgehead atoms. The Morgan fingerprint density at radius 3 is 2.33 bits per heavy atom. The molecule has 2 unspecified atom stereocenters. The zero-order valence-corrected chi connectivity index (χ0v) is 18.9. The zero-order valence-electron chi connectivity index (χ0n) is 18.9. The average molecular weight is 446 g/mol. The molecule has 1 aliphatic heterocycles. The number of carbonyl (C=O) groups is 2. The molecule has 0 saturated carbocycles. The third kappa shape index (κ3) is 5.40. The van der Waals surface area contributed by atoms with Gasteiger partial charge in [0.2, 0.25) is 5.91 Å². The number of rotatable bonds is 5. The van der Waals surface area contributed by atoms with Crippen molar-refractivity contribution in [3.8, 4) is 0 Å². The molecule has 170 valence electrons. The summed E-state index contributed by atoms with van der Waals surface area (Å²) >= 11 is 0. The summed E-state index contributed by atoms with van der Waals surface area (Å²) in [6.07, 6.45) is 0.637. The van der Waals surface area contributed by atoms with Crippen LogP contribution in [-0.4, -0.2) is 43.9 Å². The molecule has 0 aliphatic carbocycles. The van der Waals surface area contributed by atoms with Crippen LogP contribution in [0.4, 0.5) is 15.8 Å². The molecule has 1 saturated heterocycles. The van der Waals surface area contributed by atoms with Crippen molar-refractivity contribution >= 4 is 23.2 Å². The summed E-state index contributed by atoms with van der Waals surface area (Å²) in [6, 6.07) is 23.3. The van der Waals surface area contributed by atoms with Gasteiger partial charge in [0.25, 0.3) is 5.91 Å². The van der Waals surface area contributed by atoms with E-state index < -0.39 is 5.82 Å². The number of anilines is 2. The first-order chi connectivity index (χ1) is 15.9. The van der Waals surface area contributed by atoms with Crippen molar-refractivity contribution in [3.05, 3.63) is 95.8 Å². The number of hydrogen-bond donors (Lipinski definition) is 1. The standard InChI is InChI=1S/C27H28FN3O2/c1-30(2)25-13-11-24(12-14-25)29-26(32)22-15-21(19-7-4-3-5-8-19)17-31(18-22)27(33)20-9-6-10-23(28)16-20/h3-14,16,21-22H,15,17-18H2,1-2H3,(H,29,32). The van der Waals surface area contributed by atoms with Gasteiger partial charge in [-0.25, -0.2) is 4.39 Å². The average Bonchev–Trinajstić information content (AvgIpc) is 2.84. The Bertz CT molecular complexity index is 1120. The molecule has 1 N–H and O–H groups in total. The van der Waals surface area contributed by atoms with E-state index in [0.29, 0.717) is 25.1 Å². The lowest BCUT2D eigenvalue weighted by Crippen LogP contribution is -2.46. The summed E-state index contributed by atoms with van der Waals surface area (Å²) in [7, 11) is 3.92. The van der Waals surface area contributed by atoms with Gasteiger partial charge in [-0.05, 0) is 54.4 Å². The molecule has 4 rings (SSSR count). The van der Waals surface area contributed by atoms with Crippen LogP contribution in [-0.2, 0) is 4.79 Å². The topological polar surface area (TPSA) is 52.7 Å². The lowest BCUT2D eigenvalue weighted by molar-refractivity contribution is -0.121. The summed E-state index contributed by atoms with van der Waals surface area (Å²) in [4.78, 5) is 30.1. The van der Waals surface area contributed by atoms with Crippen molar-refractivity contribution in [2.75, 3.05) is 37.4 Å². The first kappa shape index (κ1) is 22.5. The van der Waals surface area contributed by atoms with Gasteiger partial charge >= 0.3 is 0 Å². The first-order valence-corrected chi connectivity index (χ1v) is 11.1. The number of hydrogen-bond acceptors (Lipinski definition) is 3. The van der Waals surface area contributed by atoms with Crippen LogP contribution < -0.4 is 10.2 Å². The summed E-state index contributed by atoms with van der Waals surface area (Å²) in [5, 5.41) is 3.00. The van der Waals surface area contributed by atoms with Gasteiger partial charge < -0.3 is 15.1 Å². The number of likely N-dealkylation sites (tertiary alicyclic amines) is 1. The predicted molar refractivity (Wildman–Crippen MR) is 129 cm³/mol. The van der Waals surface area contributed by atoms with Crippen LogP contribution >= 0.6 is 0 Å². The minimum Gasteiger partial charge on any atom is -0.378 e. The highest BCUT2D eigenvalue weighted by atomic mass is 19.1. The predicted octanol–water partition coefficient (Wildman–Crippen LogP) is 4.78. The van der Waals surface area contributed by atoms with Crippen LogP contribution in [0.25, 0.3) is 0 Å². The molecule has 0 aromatic heterocycles. The first-order valence-electron chi connectivity index (χ1n) is 11.1. The molecule has 5 nitrogen and oxygen atoms in total. The largest absolute Gasteiger partial charge is 0.378 e. The number of nitrogens with one attached hydrogen (secondary N) is 1. The minimum absolute atomic E-state index is 0.0179. The van der Waals surface area contributed by atoms with Crippen LogP contribution in [0.15, 0.2) is 78.9 Å². The SMILES string of the molecule is CN(C)c1ccc(NC(=O)C2CC(c3ccccc3)CN(C(=O)c3cccc(F)c3)C2)cc1. The van der Waals surface area contributed by atoms with Crippen LogP contribution in [0.5, 0.6) is 0 Å². The molecule has 3 aromatic carbocycles. The number of amides is 2. The highest BCUT2D eigenvalue weighted by Gasteiger charge is 2.35. The van der Waals surface area contributed by atoms with Crippen molar-refractivity contribution in [2.24, 2.45) is 5.92 Å². The molecular formula is C27H28FN3O2. The van der Waals surface area contributed by atoms with Crippen LogP contribution in [0.3, 0.4) is 0 Å². The van der Waals surface area contributed by atoms with Crippen molar-refractivity contribution in [3.63, 3.8) is 0 Å². The Morgan fingerprint density at radius 2 is 1.67 bits per heavy atom. The quantitative estimate of drug-likeness (QED) is 0.615. The van der Waals surface area contributed by atoms with E-state index in [0.717, 1.165) is 16.9 Å². The van der Waals surface area contributed by atoms with E-state index in [2.05, 4.69) is 5.32 Å². The van der Waals surface area contributed by atoms with E-state index in [4.69, 9.17) is 0 Å². The monoisotopic (exact) mass is 445 g/mol. The van der Waals surface area contributed by atoms with Crippen LogP contribution in [0, 0.1) is 11.7 Å². The van der Waals surface area contributed by atoms with Crippen molar-refractivity contribution < 1.29 is 14.0 Å². The van der Waals surface area contributed by atoms with Gasteiger partial charge in [0, 0.05) is 50.0 Å². The highest BCUT2D eigenvalue weighted by Crippen LogP contribution is 2.32. The summed E-state index contributed by atoms with van der Waals surface area (Å²) in [5.41, 5.74) is 3.14. The Labute approximate surface area is 193 Å². The summed E-state index contributed by atoms with van der Waals surface area (Å²) in [6.45, 7) is 0.779. The molecule has 2 amide bonds. The van der Waals surface area contributed by atoms with Crippen molar-refractivity contribution in [2.45, 2.75) is 12.3 Å². The van der Waals surface area contributed by atoms with Gasteiger partial charge in [-0.3, -0.25) is 9.59 Å². The summed E-state index contributed by atoms with van der Waals surface area (Å²) < 4.78 is 13.7. The Morgan fingerprint density at radius 1 is 0.939 bits per heavy atom. The Hall–Kier alpha value is -3.67. The second-order valence-corrected chi connectivity index (χ2v) is 8.69. The van der Waals surface area contributed by atoms with E-state index in [1.165, 1.54) is 18.2 Å². The van der Waals surface area contributed by atoms with E-state index in [1.807, 2.05) is 73.6 Å². The zero-order chi connectivity index (χ0) is 23.4. The molecule has 6 heteroatoms. The lowest BCUT2D eigenvalue weighted by atomic mass is 9.83. The molecule has 2 atom stereocenters. The number of carbonyl (C=O) groups excluding carboxylic acids is 2. The molecule has 1 aliphatic rings. The maximum absolute atomic E-state index is 13.7. The third-order valence-corrected chi connectivity index (χ3v) is 6.10. The van der Waals surface area contributed by atoms with Gasteiger partial charge in [-0.15, -0.1) is 0 Å². The molecule has 0 radical (unpaired) electrons. The number of nitrogens with zero attached hydrogens (tertiary/aromatic N) is 2. The lowest BCUT2D eigenvalue weighted by Gasteiger charge is -2.37. The van der Waals surface area contributed by atoms with Crippen LogP contribution in [0.2, 0.25) is 0 Å². The maximum atomic E-state index is 13.7. The van der Waals surface area contributed by atoms with Crippen LogP contribution in [0.1, 0.15) is 28.3 Å². The minimum atomic E-state index is -0.451. The van der Waals surface area contributed by atoms with E-state index in [9.17, 15) is 14.0 Å². The highest BCUT2D eigenvalue weighted by molar-refractivity contribution is 5.96. The molecular weight excluding hydrogens is 417 g/mol. The van der Waals surface area contributed by atoms with Crippen molar-refractivity contribution in [1.29, 1.82) is 0 Å². The molecule has 3 aromatic rings. The van der Waals surface area contributed by atoms with Gasteiger partial charge in [0.05, 0.1) is 5.92 Å². The van der Waals surface area contributed by atoms with Gasteiger partial charge in [-0.2, -0.15) is 0 Å². The number of piperidine rings is 1. The normalized spacial score (nSPS) is 18.0. The second-order valence-electron chi connectivity index (χ2n) is 8.69. The fourth-order valence-electron chi connectivity index (χ4n) is 4.31. The molecule has 1 heterocycles. The summed E-state index contributed by atoms with van der Waals surface area (Å²) in [5.74, 6) is -1.19. The van der Waals surface area contributed by atoms with Gasteiger partial charge in [0.1, 0.15) is 5.82 Å². The fraction of sp³-hybridized carbons (Fsp3) is 0.259. The smallest absolute Gasteiger partial charge is 0.253 e. The van der Waals surface area contributed by atoms with E-state index >= 15 is 0 Å². The Kier molecular flexibility index (Phi) is 6.73. The number of benzene rings is 3.